The fraction of sp³-hybridized carbons (Fsp3) is 0.600. The van der Waals surface area contributed by atoms with Crippen LogP contribution in [0.15, 0.2) is 24.3 Å². The summed E-state index contributed by atoms with van der Waals surface area (Å²) in [5, 5.41) is 9.86. The summed E-state index contributed by atoms with van der Waals surface area (Å²) >= 11 is 0. The number of aryl methyl sites for hydroxylation is 1. The summed E-state index contributed by atoms with van der Waals surface area (Å²) in [5.74, 6) is 0. The molecule has 1 aromatic carbocycles. The predicted octanol–water partition coefficient (Wildman–Crippen LogP) is 4.03. The largest absolute Gasteiger partial charge is 0.411 e. The maximum atomic E-state index is 11.9. The third-order valence-corrected chi connectivity index (χ3v) is 2.98. The second-order valence-corrected chi connectivity index (χ2v) is 4.82. The molecule has 1 N–H and O–H groups in total. The van der Waals surface area contributed by atoms with Crippen molar-refractivity contribution in [3.05, 3.63) is 35.4 Å². The van der Waals surface area contributed by atoms with Gasteiger partial charge in [0, 0.05) is 13.0 Å². The Morgan fingerprint density at radius 1 is 1.20 bits per heavy atom. The highest BCUT2D eigenvalue weighted by atomic mass is 19.4. The number of hydrogen-bond acceptors (Lipinski definition) is 2. The molecule has 0 saturated carbocycles. The van der Waals surface area contributed by atoms with E-state index >= 15 is 0 Å². The standard InChI is InChI=1S/C15H21F3O2/c1-2-3-4-12-5-7-13(8-6-12)14(19)9-10-20-11-15(16,17)18/h5-8,14,19H,2-4,9-11H2,1H3. The van der Waals surface area contributed by atoms with E-state index < -0.39 is 18.9 Å². The van der Waals surface area contributed by atoms with Gasteiger partial charge >= 0.3 is 6.18 Å². The van der Waals surface area contributed by atoms with Crippen LogP contribution >= 0.6 is 0 Å². The number of ether oxygens (including phenoxy) is 1. The van der Waals surface area contributed by atoms with Crippen molar-refractivity contribution in [1.29, 1.82) is 0 Å². The van der Waals surface area contributed by atoms with Gasteiger partial charge < -0.3 is 9.84 Å². The van der Waals surface area contributed by atoms with E-state index in [0.29, 0.717) is 5.56 Å². The van der Waals surface area contributed by atoms with Gasteiger partial charge in [0.25, 0.3) is 0 Å². The fourth-order valence-electron chi connectivity index (χ4n) is 1.84. The van der Waals surface area contributed by atoms with Crippen LogP contribution in [-0.4, -0.2) is 24.5 Å². The van der Waals surface area contributed by atoms with Gasteiger partial charge in [0.2, 0.25) is 0 Å². The van der Waals surface area contributed by atoms with E-state index in [4.69, 9.17) is 0 Å². The van der Waals surface area contributed by atoms with Crippen molar-refractivity contribution in [2.45, 2.75) is 44.9 Å². The number of unbranched alkanes of at least 4 members (excludes halogenated alkanes) is 1. The molecule has 1 unspecified atom stereocenters. The number of rotatable bonds is 8. The van der Waals surface area contributed by atoms with Gasteiger partial charge in [-0.1, -0.05) is 37.6 Å². The van der Waals surface area contributed by atoms with Gasteiger partial charge in [-0.3, -0.25) is 0 Å². The molecule has 0 saturated heterocycles. The highest BCUT2D eigenvalue weighted by molar-refractivity contribution is 5.24. The Kier molecular flexibility index (Phi) is 7.02. The van der Waals surface area contributed by atoms with Crippen LogP contribution in [0.25, 0.3) is 0 Å². The Bertz CT molecular complexity index is 374. The summed E-state index contributed by atoms with van der Waals surface area (Å²) in [5.41, 5.74) is 1.91. The maximum Gasteiger partial charge on any atom is 0.411 e. The minimum Gasteiger partial charge on any atom is -0.388 e. The molecule has 0 fully saturated rings. The Morgan fingerprint density at radius 3 is 2.40 bits per heavy atom. The summed E-state index contributed by atoms with van der Waals surface area (Å²) in [4.78, 5) is 0. The van der Waals surface area contributed by atoms with Crippen molar-refractivity contribution in [1.82, 2.24) is 0 Å². The summed E-state index contributed by atoms with van der Waals surface area (Å²) < 4.78 is 40.1. The Morgan fingerprint density at radius 2 is 1.85 bits per heavy atom. The molecule has 1 aromatic rings. The SMILES string of the molecule is CCCCc1ccc(C(O)CCOCC(F)(F)F)cc1. The first-order valence-electron chi connectivity index (χ1n) is 6.84. The summed E-state index contributed by atoms with van der Waals surface area (Å²) in [6.45, 7) is 0.743. The van der Waals surface area contributed by atoms with E-state index in [1.165, 1.54) is 5.56 Å². The van der Waals surface area contributed by atoms with Crippen LogP contribution in [0.4, 0.5) is 13.2 Å². The monoisotopic (exact) mass is 290 g/mol. The first-order valence-corrected chi connectivity index (χ1v) is 6.84. The molecule has 1 atom stereocenters. The molecule has 5 heteroatoms. The van der Waals surface area contributed by atoms with Crippen molar-refractivity contribution < 1.29 is 23.0 Å². The molecule has 1 rings (SSSR count). The van der Waals surface area contributed by atoms with Crippen molar-refractivity contribution >= 4 is 0 Å². The molecule has 0 aliphatic rings. The molecule has 0 amide bonds. The normalized spacial score (nSPS) is 13.4. The van der Waals surface area contributed by atoms with Crippen LogP contribution < -0.4 is 0 Å². The number of hydrogen-bond donors (Lipinski definition) is 1. The summed E-state index contributed by atoms with van der Waals surface area (Å²) in [7, 11) is 0. The van der Waals surface area contributed by atoms with Crippen molar-refractivity contribution in [2.24, 2.45) is 0 Å². The maximum absolute atomic E-state index is 11.9. The predicted molar refractivity (Wildman–Crippen MR) is 71.5 cm³/mol. The fourth-order valence-corrected chi connectivity index (χ4v) is 1.84. The molecule has 0 heterocycles. The Balaban J connectivity index is 2.34. The molecule has 114 valence electrons. The van der Waals surface area contributed by atoms with E-state index in [9.17, 15) is 18.3 Å². The second kappa shape index (κ2) is 8.27. The lowest BCUT2D eigenvalue weighted by Crippen LogP contribution is -2.18. The van der Waals surface area contributed by atoms with Gasteiger partial charge in [-0.2, -0.15) is 13.2 Å². The molecule has 0 aliphatic carbocycles. The van der Waals surface area contributed by atoms with E-state index in [1.54, 1.807) is 0 Å². The minimum absolute atomic E-state index is 0.113. The van der Waals surface area contributed by atoms with Crippen molar-refractivity contribution in [3.8, 4) is 0 Å². The lowest BCUT2D eigenvalue weighted by atomic mass is 10.0. The quantitative estimate of drug-likeness (QED) is 0.732. The number of alkyl halides is 3. The first kappa shape index (κ1) is 17.0. The molecule has 2 nitrogen and oxygen atoms in total. The third kappa shape index (κ3) is 6.91. The third-order valence-electron chi connectivity index (χ3n) is 2.98. The molecule has 20 heavy (non-hydrogen) atoms. The second-order valence-electron chi connectivity index (χ2n) is 4.82. The highest BCUT2D eigenvalue weighted by Gasteiger charge is 2.27. The lowest BCUT2D eigenvalue weighted by Gasteiger charge is -2.13. The van der Waals surface area contributed by atoms with E-state index in [1.807, 2.05) is 24.3 Å². The van der Waals surface area contributed by atoms with Gasteiger partial charge in [0.1, 0.15) is 6.61 Å². The van der Waals surface area contributed by atoms with Gasteiger partial charge in [-0.15, -0.1) is 0 Å². The van der Waals surface area contributed by atoms with Crippen LogP contribution in [0.3, 0.4) is 0 Å². The van der Waals surface area contributed by atoms with Crippen LogP contribution in [0.2, 0.25) is 0 Å². The summed E-state index contributed by atoms with van der Waals surface area (Å²) in [6, 6.07) is 7.54. The molecule has 0 radical (unpaired) electrons. The van der Waals surface area contributed by atoms with Gasteiger partial charge in [-0.25, -0.2) is 0 Å². The van der Waals surface area contributed by atoms with E-state index in [2.05, 4.69) is 11.7 Å². The summed E-state index contributed by atoms with van der Waals surface area (Å²) in [6.07, 6.45) is -1.70. The average Bonchev–Trinajstić information content (AvgIpc) is 2.40. The Labute approximate surface area is 117 Å². The smallest absolute Gasteiger partial charge is 0.388 e. The number of aliphatic hydroxyl groups is 1. The van der Waals surface area contributed by atoms with Crippen LogP contribution in [0.5, 0.6) is 0 Å². The molecule has 0 aliphatic heterocycles. The highest BCUT2D eigenvalue weighted by Crippen LogP contribution is 2.19. The minimum atomic E-state index is -4.31. The molecular weight excluding hydrogens is 269 g/mol. The Hall–Kier alpha value is -1.07. The van der Waals surface area contributed by atoms with Crippen molar-refractivity contribution in [2.75, 3.05) is 13.2 Å². The number of benzene rings is 1. The number of halogens is 3. The van der Waals surface area contributed by atoms with E-state index in [0.717, 1.165) is 19.3 Å². The lowest BCUT2D eigenvalue weighted by molar-refractivity contribution is -0.175. The van der Waals surface area contributed by atoms with Gasteiger partial charge in [0.05, 0.1) is 6.10 Å². The zero-order chi connectivity index (χ0) is 15.0. The molecule has 0 aromatic heterocycles. The van der Waals surface area contributed by atoms with Crippen LogP contribution in [-0.2, 0) is 11.2 Å². The van der Waals surface area contributed by atoms with E-state index in [-0.39, 0.29) is 13.0 Å². The van der Waals surface area contributed by atoms with Gasteiger partial charge in [0.15, 0.2) is 0 Å². The van der Waals surface area contributed by atoms with Gasteiger partial charge in [-0.05, 0) is 24.0 Å². The van der Waals surface area contributed by atoms with Crippen molar-refractivity contribution in [3.63, 3.8) is 0 Å². The zero-order valence-corrected chi connectivity index (χ0v) is 11.6. The van der Waals surface area contributed by atoms with Crippen LogP contribution in [0.1, 0.15) is 43.4 Å². The first-order chi connectivity index (χ1) is 9.42. The molecule has 0 spiro atoms. The topological polar surface area (TPSA) is 29.5 Å². The molecule has 0 bridgehead atoms. The molecular formula is C15H21F3O2. The average molecular weight is 290 g/mol. The zero-order valence-electron chi connectivity index (χ0n) is 11.6. The van der Waals surface area contributed by atoms with Crippen LogP contribution in [0, 0.1) is 0 Å². The number of aliphatic hydroxyl groups excluding tert-OH is 1.